The lowest BCUT2D eigenvalue weighted by Crippen LogP contribution is -2.39. The van der Waals surface area contributed by atoms with E-state index < -0.39 is 11.7 Å². The summed E-state index contributed by atoms with van der Waals surface area (Å²) in [4.78, 5) is 14.0. The highest BCUT2D eigenvalue weighted by Gasteiger charge is 2.34. The van der Waals surface area contributed by atoms with Gasteiger partial charge in [-0.3, -0.25) is 4.79 Å². The molecule has 0 fully saturated rings. The molecular weight excluding hydrogens is 347 g/mol. The van der Waals surface area contributed by atoms with Gasteiger partial charge in [-0.15, -0.1) is 0 Å². The molecule has 0 aliphatic rings. The number of hydrogen-bond acceptors (Lipinski definition) is 1. The molecule has 1 rings (SSSR count). The van der Waals surface area contributed by atoms with E-state index in [2.05, 4.69) is 15.9 Å². The monoisotopic (exact) mass is 365 g/mol. The highest BCUT2D eigenvalue weighted by atomic mass is 79.9. The maximum atomic E-state index is 12.9. The molecular formula is C15H19BrF3NO. The van der Waals surface area contributed by atoms with Gasteiger partial charge in [0.05, 0.1) is 5.56 Å². The van der Waals surface area contributed by atoms with Crippen LogP contribution >= 0.6 is 15.9 Å². The molecule has 0 unspecified atom stereocenters. The third-order valence-corrected chi connectivity index (χ3v) is 3.66. The van der Waals surface area contributed by atoms with Gasteiger partial charge in [-0.2, -0.15) is 13.2 Å². The fourth-order valence-corrected chi connectivity index (χ4v) is 2.43. The van der Waals surface area contributed by atoms with Crippen LogP contribution in [0.5, 0.6) is 0 Å². The Hall–Kier alpha value is -1.04. The molecule has 0 aliphatic carbocycles. The van der Waals surface area contributed by atoms with Gasteiger partial charge in [0, 0.05) is 22.6 Å². The summed E-state index contributed by atoms with van der Waals surface area (Å²) >= 11 is 2.88. The smallest absolute Gasteiger partial charge is 0.336 e. The van der Waals surface area contributed by atoms with Gasteiger partial charge in [0.1, 0.15) is 0 Å². The fourth-order valence-electron chi connectivity index (χ4n) is 1.96. The van der Waals surface area contributed by atoms with E-state index in [1.54, 1.807) is 4.90 Å². The van der Waals surface area contributed by atoms with Gasteiger partial charge in [0.15, 0.2) is 0 Å². The van der Waals surface area contributed by atoms with Crippen LogP contribution in [-0.4, -0.2) is 23.4 Å². The van der Waals surface area contributed by atoms with Gasteiger partial charge in [0.2, 0.25) is 0 Å². The van der Waals surface area contributed by atoms with Crippen molar-refractivity contribution in [1.29, 1.82) is 0 Å². The molecule has 0 spiro atoms. The number of rotatable bonds is 4. The van der Waals surface area contributed by atoms with Gasteiger partial charge in [-0.25, -0.2) is 0 Å². The quantitative estimate of drug-likeness (QED) is 0.737. The largest absolute Gasteiger partial charge is 0.417 e. The molecule has 0 radical (unpaired) electrons. The number of alkyl halides is 3. The summed E-state index contributed by atoms with van der Waals surface area (Å²) in [6, 6.07) is 3.52. The second kappa shape index (κ2) is 6.81. The molecule has 1 amide bonds. The SMILES string of the molecule is CC(C)CN(C(=O)c1ccc(Br)c(C(F)(F)F)c1)C(C)C. The van der Waals surface area contributed by atoms with Gasteiger partial charge in [0.25, 0.3) is 5.91 Å². The Labute approximate surface area is 131 Å². The van der Waals surface area contributed by atoms with Gasteiger partial charge in [-0.1, -0.05) is 29.8 Å². The van der Waals surface area contributed by atoms with Gasteiger partial charge >= 0.3 is 6.18 Å². The molecule has 2 nitrogen and oxygen atoms in total. The Balaban J connectivity index is 3.17. The lowest BCUT2D eigenvalue weighted by atomic mass is 10.1. The molecule has 0 saturated carbocycles. The molecule has 0 saturated heterocycles. The van der Waals surface area contributed by atoms with Crippen molar-refractivity contribution in [3.05, 3.63) is 33.8 Å². The minimum atomic E-state index is -4.49. The van der Waals surface area contributed by atoms with Crippen LogP contribution in [0.2, 0.25) is 0 Å². The summed E-state index contributed by atoms with van der Waals surface area (Å²) in [6.07, 6.45) is -4.49. The van der Waals surface area contributed by atoms with Crippen LogP contribution in [0, 0.1) is 5.92 Å². The molecule has 1 aromatic carbocycles. The Kier molecular flexibility index (Phi) is 5.84. The van der Waals surface area contributed by atoms with E-state index in [0.29, 0.717) is 6.54 Å². The first-order valence-corrected chi connectivity index (χ1v) is 7.51. The number of halogens is 4. The van der Waals surface area contributed by atoms with Gasteiger partial charge < -0.3 is 4.90 Å². The molecule has 0 bridgehead atoms. The summed E-state index contributed by atoms with van der Waals surface area (Å²) in [5, 5.41) is 0. The average molecular weight is 366 g/mol. The van der Waals surface area contributed by atoms with Crippen molar-refractivity contribution in [2.45, 2.75) is 39.9 Å². The van der Waals surface area contributed by atoms with E-state index >= 15 is 0 Å². The third-order valence-electron chi connectivity index (χ3n) is 2.96. The maximum Gasteiger partial charge on any atom is 0.417 e. The van der Waals surface area contributed by atoms with Crippen LogP contribution in [0.25, 0.3) is 0 Å². The minimum Gasteiger partial charge on any atom is -0.336 e. The van der Waals surface area contributed by atoms with Crippen molar-refractivity contribution >= 4 is 21.8 Å². The molecule has 0 aromatic heterocycles. The maximum absolute atomic E-state index is 12.9. The lowest BCUT2D eigenvalue weighted by Gasteiger charge is -2.29. The van der Waals surface area contributed by atoms with E-state index in [1.165, 1.54) is 12.1 Å². The molecule has 21 heavy (non-hydrogen) atoms. The number of benzene rings is 1. The zero-order chi connectivity index (χ0) is 16.4. The lowest BCUT2D eigenvalue weighted by molar-refractivity contribution is -0.138. The molecule has 0 N–H and O–H groups in total. The number of carbonyl (C=O) groups excluding carboxylic acids is 1. The van der Waals surface area contributed by atoms with E-state index in [9.17, 15) is 18.0 Å². The minimum absolute atomic E-state index is 0.0554. The van der Waals surface area contributed by atoms with E-state index in [1.807, 2.05) is 27.7 Å². The molecule has 118 valence electrons. The van der Waals surface area contributed by atoms with Crippen molar-refractivity contribution in [2.75, 3.05) is 6.54 Å². The van der Waals surface area contributed by atoms with Crippen LogP contribution in [-0.2, 0) is 6.18 Å². The molecule has 0 aliphatic heterocycles. The highest BCUT2D eigenvalue weighted by Crippen LogP contribution is 2.35. The topological polar surface area (TPSA) is 20.3 Å². The van der Waals surface area contributed by atoms with Crippen LogP contribution in [0.1, 0.15) is 43.6 Å². The summed E-state index contributed by atoms with van der Waals surface area (Å²) in [7, 11) is 0. The molecule has 0 atom stereocenters. The van der Waals surface area contributed by atoms with Crippen LogP contribution in [0.4, 0.5) is 13.2 Å². The van der Waals surface area contributed by atoms with Crippen LogP contribution < -0.4 is 0 Å². The summed E-state index contributed by atoms with van der Waals surface area (Å²) in [5.74, 6) is -0.134. The van der Waals surface area contributed by atoms with E-state index in [4.69, 9.17) is 0 Å². The molecule has 6 heteroatoms. The van der Waals surface area contributed by atoms with Crippen LogP contribution in [0.3, 0.4) is 0 Å². The van der Waals surface area contributed by atoms with Crippen molar-refractivity contribution < 1.29 is 18.0 Å². The zero-order valence-electron chi connectivity index (χ0n) is 12.5. The molecule has 1 aromatic rings. The number of nitrogens with zero attached hydrogens (tertiary/aromatic N) is 1. The van der Waals surface area contributed by atoms with Crippen molar-refractivity contribution in [3.8, 4) is 0 Å². The van der Waals surface area contributed by atoms with Crippen molar-refractivity contribution in [3.63, 3.8) is 0 Å². The third kappa shape index (κ3) is 4.73. The molecule has 0 heterocycles. The standard InChI is InChI=1S/C15H19BrF3NO/c1-9(2)8-20(10(3)4)14(21)11-5-6-13(16)12(7-11)15(17,18)19/h5-7,9-10H,8H2,1-4H3. The van der Waals surface area contributed by atoms with Crippen molar-refractivity contribution in [1.82, 2.24) is 4.90 Å². The fraction of sp³-hybridized carbons (Fsp3) is 0.533. The van der Waals surface area contributed by atoms with Crippen molar-refractivity contribution in [2.24, 2.45) is 5.92 Å². The summed E-state index contributed by atoms with van der Waals surface area (Å²) in [5.41, 5.74) is -0.776. The van der Waals surface area contributed by atoms with E-state index in [-0.39, 0.29) is 27.9 Å². The average Bonchev–Trinajstić information content (AvgIpc) is 2.33. The highest BCUT2D eigenvalue weighted by molar-refractivity contribution is 9.10. The summed E-state index contributed by atoms with van der Waals surface area (Å²) in [6.45, 7) is 8.14. The van der Waals surface area contributed by atoms with Crippen LogP contribution in [0.15, 0.2) is 22.7 Å². The van der Waals surface area contributed by atoms with E-state index in [0.717, 1.165) is 6.07 Å². The first-order chi connectivity index (χ1) is 9.54. The Morgan fingerprint density at radius 2 is 1.81 bits per heavy atom. The predicted molar refractivity (Wildman–Crippen MR) is 80.2 cm³/mol. The second-order valence-corrected chi connectivity index (χ2v) is 6.49. The predicted octanol–water partition coefficient (Wildman–Crippen LogP) is 4.97. The Morgan fingerprint density at radius 3 is 2.24 bits per heavy atom. The number of carbonyl (C=O) groups is 1. The normalized spacial score (nSPS) is 12.1. The van der Waals surface area contributed by atoms with Gasteiger partial charge in [-0.05, 0) is 38.0 Å². The number of hydrogen-bond donors (Lipinski definition) is 0. The second-order valence-electron chi connectivity index (χ2n) is 5.64. The zero-order valence-corrected chi connectivity index (χ0v) is 14.0. The Morgan fingerprint density at radius 1 is 1.24 bits per heavy atom. The Bertz CT molecular complexity index is 512. The first kappa shape index (κ1) is 18.0. The summed E-state index contributed by atoms with van der Waals surface area (Å²) < 4.78 is 38.7. The first-order valence-electron chi connectivity index (χ1n) is 6.71. The number of amides is 1.